The van der Waals surface area contributed by atoms with E-state index >= 15 is 0 Å². The smallest absolute Gasteiger partial charge is 0.287 e. The van der Waals surface area contributed by atoms with Crippen molar-refractivity contribution in [2.75, 3.05) is 5.32 Å². The first-order chi connectivity index (χ1) is 12.4. The zero-order chi connectivity index (χ0) is 18.8. The second kappa shape index (κ2) is 7.00. The summed E-state index contributed by atoms with van der Waals surface area (Å²) in [5, 5.41) is 5.72. The summed E-state index contributed by atoms with van der Waals surface area (Å²) in [5.74, 6) is -0.460. The van der Waals surface area contributed by atoms with E-state index in [0.717, 1.165) is 16.8 Å². The van der Waals surface area contributed by atoms with Gasteiger partial charge in [0.05, 0.1) is 5.52 Å². The normalized spacial score (nSPS) is 11.0. The molecule has 6 heteroatoms. The number of nitrogens with one attached hydrogen (secondary N) is 2. The van der Waals surface area contributed by atoms with E-state index in [9.17, 15) is 9.59 Å². The van der Waals surface area contributed by atoms with Crippen LogP contribution in [-0.2, 0) is 0 Å². The second-order valence-electron chi connectivity index (χ2n) is 6.64. The fourth-order valence-corrected chi connectivity index (χ4v) is 2.74. The van der Waals surface area contributed by atoms with E-state index in [1.54, 1.807) is 22.7 Å². The molecule has 2 amide bonds. The number of nitrogens with zero attached hydrogens (tertiary/aromatic N) is 2. The Morgan fingerprint density at radius 2 is 1.85 bits per heavy atom. The Labute approximate surface area is 152 Å². The lowest BCUT2D eigenvalue weighted by molar-refractivity contribution is 0.0932. The Hall–Kier alpha value is -3.15. The van der Waals surface area contributed by atoms with Crippen LogP contribution in [0.3, 0.4) is 0 Å². The molecule has 0 unspecified atom stereocenters. The molecule has 6 nitrogen and oxygen atoms in total. The van der Waals surface area contributed by atoms with E-state index in [-0.39, 0.29) is 29.4 Å². The van der Waals surface area contributed by atoms with Crippen molar-refractivity contribution in [3.05, 3.63) is 65.2 Å². The van der Waals surface area contributed by atoms with Crippen molar-refractivity contribution < 1.29 is 9.59 Å². The van der Waals surface area contributed by atoms with Crippen LogP contribution in [0, 0.1) is 13.8 Å². The van der Waals surface area contributed by atoms with Crippen LogP contribution in [0.5, 0.6) is 0 Å². The highest BCUT2D eigenvalue weighted by molar-refractivity contribution is 6.09. The molecular formula is C20H22N4O2. The number of rotatable bonds is 4. The zero-order valence-corrected chi connectivity index (χ0v) is 15.3. The largest absolute Gasteiger partial charge is 0.347 e. The predicted octanol–water partition coefficient (Wildman–Crippen LogP) is 3.34. The van der Waals surface area contributed by atoms with Crippen molar-refractivity contribution in [1.82, 2.24) is 14.7 Å². The molecule has 0 fully saturated rings. The third-order valence-electron chi connectivity index (χ3n) is 4.03. The summed E-state index contributed by atoms with van der Waals surface area (Å²) in [6.45, 7) is 7.65. The molecule has 2 aromatic heterocycles. The Balaban J connectivity index is 2.01. The molecule has 1 aromatic carbocycles. The van der Waals surface area contributed by atoms with E-state index in [1.807, 2.05) is 52.0 Å². The van der Waals surface area contributed by atoms with E-state index in [1.165, 1.54) is 0 Å². The van der Waals surface area contributed by atoms with E-state index in [0.29, 0.717) is 5.52 Å². The number of imidazole rings is 1. The van der Waals surface area contributed by atoms with Crippen molar-refractivity contribution in [3.63, 3.8) is 0 Å². The van der Waals surface area contributed by atoms with Crippen molar-refractivity contribution >= 4 is 23.0 Å². The lowest BCUT2D eigenvalue weighted by Crippen LogP contribution is -2.31. The van der Waals surface area contributed by atoms with Gasteiger partial charge in [0.25, 0.3) is 11.8 Å². The molecule has 2 N–H and O–H groups in total. The maximum atomic E-state index is 12.8. The van der Waals surface area contributed by atoms with Crippen LogP contribution in [0.2, 0.25) is 0 Å². The monoisotopic (exact) mass is 350 g/mol. The molecule has 3 rings (SSSR count). The molecule has 0 radical (unpaired) electrons. The van der Waals surface area contributed by atoms with E-state index in [2.05, 4.69) is 15.6 Å². The Morgan fingerprint density at radius 3 is 2.58 bits per heavy atom. The second-order valence-corrected chi connectivity index (χ2v) is 6.64. The van der Waals surface area contributed by atoms with Gasteiger partial charge in [0.2, 0.25) is 5.82 Å². The van der Waals surface area contributed by atoms with Crippen LogP contribution >= 0.6 is 0 Å². The molecule has 3 aromatic rings. The van der Waals surface area contributed by atoms with Gasteiger partial charge in [-0.15, -0.1) is 0 Å². The van der Waals surface area contributed by atoms with Crippen molar-refractivity contribution in [3.8, 4) is 0 Å². The van der Waals surface area contributed by atoms with E-state index < -0.39 is 0 Å². The number of pyridine rings is 1. The number of hydrogen-bond acceptors (Lipinski definition) is 3. The molecule has 134 valence electrons. The van der Waals surface area contributed by atoms with Gasteiger partial charge >= 0.3 is 0 Å². The highest BCUT2D eigenvalue weighted by Crippen LogP contribution is 2.19. The fraction of sp³-hybridized carbons (Fsp3) is 0.250. The van der Waals surface area contributed by atoms with Crippen molar-refractivity contribution in [2.24, 2.45) is 0 Å². The first-order valence-electron chi connectivity index (χ1n) is 8.53. The van der Waals surface area contributed by atoms with E-state index in [4.69, 9.17) is 0 Å². The molecule has 0 bridgehead atoms. The maximum Gasteiger partial charge on any atom is 0.287 e. The number of anilines is 1. The number of carbonyl (C=O) groups excluding carboxylic acids is 2. The number of aryl methyl sites for hydroxylation is 2. The van der Waals surface area contributed by atoms with Crippen LogP contribution in [-0.4, -0.2) is 27.2 Å². The summed E-state index contributed by atoms with van der Waals surface area (Å²) in [5.41, 5.74) is 3.56. The quantitative estimate of drug-likeness (QED) is 0.758. The Kier molecular flexibility index (Phi) is 4.75. The van der Waals surface area contributed by atoms with Crippen molar-refractivity contribution in [2.45, 2.75) is 33.7 Å². The van der Waals surface area contributed by atoms with Crippen LogP contribution in [0.25, 0.3) is 5.52 Å². The van der Waals surface area contributed by atoms with Crippen LogP contribution < -0.4 is 10.6 Å². The summed E-state index contributed by atoms with van der Waals surface area (Å²) >= 11 is 0. The summed E-state index contributed by atoms with van der Waals surface area (Å²) in [6.07, 6.45) is 1.73. The molecule has 0 aliphatic carbocycles. The summed E-state index contributed by atoms with van der Waals surface area (Å²) in [4.78, 5) is 29.6. The van der Waals surface area contributed by atoms with Gasteiger partial charge in [-0.2, -0.15) is 0 Å². The topological polar surface area (TPSA) is 75.5 Å². The number of fused-ring (bicyclic) bond motifs is 1. The molecule has 0 aliphatic heterocycles. The summed E-state index contributed by atoms with van der Waals surface area (Å²) in [6, 6.07) is 11.2. The number of amides is 2. The summed E-state index contributed by atoms with van der Waals surface area (Å²) < 4.78 is 1.63. The molecule has 26 heavy (non-hydrogen) atoms. The first-order valence-corrected chi connectivity index (χ1v) is 8.53. The maximum absolute atomic E-state index is 12.8. The van der Waals surface area contributed by atoms with Gasteiger partial charge in [-0.25, -0.2) is 4.98 Å². The standard InChI is InChI=1S/C20H22N4O2/c1-12(2)21-20(26)18-23-17(16-7-5-6-10-24(16)18)19(25)22-15-11-13(3)8-9-14(15)4/h5-12H,1-4H3,(H,21,26)(H,22,25). The fourth-order valence-electron chi connectivity index (χ4n) is 2.74. The third kappa shape index (κ3) is 3.44. The SMILES string of the molecule is Cc1ccc(C)c(NC(=O)c2nc(C(=O)NC(C)C)n3ccccc23)c1. The lowest BCUT2D eigenvalue weighted by atomic mass is 10.1. The van der Waals surface area contributed by atoms with Gasteiger partial charge < -0.3 is 10.6 Å². The highest BCUT2D eigenvalue weighted by atomic mass is 16.2. The molecule has 2 heterocycles. The van der Waals surface area contributed by atoms with Gasteiger partial charge in [-0.1, -0.05) is 18.2 Å². The Bertz CT molecular complexity index is 989. The minimum Gasteiger partial charge on any atom is -0.347 e. The summed E-state index contributed by atoms with van der Waals surface area (Å²) in [7, 11) is 0. The van der Waals surface area contributed by atoms with Gasteiger partial charge in [-0.3, -0.25) is 14.0 Å². The zero-order valence-electron chi connectivity index (χ0n) is 15.3. The predicted molar refractivity (Wildman–Crippen MR) is 102 cm³/mol. The number of benzene rings is 1. The van der Waals surface area contributed by atoms with Gasteiger partial charge in [0, 0.05) is 17.9 Å². The molecule has 0 saturated carbocycles. The number of hydrogen-bond donors (Lipinski definition) is 2. The molecule has 0 atom stereocenters. The van der Waals surface area contributed by atoms with Crippen LogP contribution in [0.1, 0.15) is 46.1 Å². The first kappa shape index (κ1) is 17.7. The molecular weight excluding hydrogens is 328 g/mol. The van der Waals surface area contributed by atoms with Gasteiger partial charge in [0.15, 0.2) is 5.69 Å². The molecule has 0 aliphatic rings. The highest BCUT2D eigenvalue weighted by Gasteiger charge is 2.22. The average molecular weight is 350 g/mol. The lowest BCUT2D eigenvalue weighted by Gasteiger charge is -2.08. The average Bonchev–Trinajstić information content (AvgIpc) is 2.97. The Morgan fingerprint density at radius 1 is 1.08 bits per heavy atom. The van der Waals surface area contributed by atoms with Crippen LogP contribution in [0.4, 0.5) is 5.69 Å². The van der Waals surface area contributed by atoms with Gasteiger partial charge in [-0.05, 0) is 57.0 Å². The number of aromatic nitrogens is 2. The van der Waals surface area contributed by atoms with Crippen molar-refractivity contribution in [1.29, 1.82) is 0 Å². The third-order valence-corrected chi connectivity index (χ3v) is 4.03. The molecule has 0 saturated heterocycles. The number of carbonyl (C=O) groups is 2. The minimum atomic E-state index is -0.342. The van der Waals surface area contributed by atoms with Gasteiger partial charge in [0.1, 0.15) is 0 Å². The molecule has 0 spiro atoms. The minimum absolute atomic E-state index is 0.0224. The van der Waals surface area contributed by atoms with Crippen LogP contribution in [0.15, 0.2) is 42.6 Å².